The summed E-state index contributed by atoms with van der Waals surface area (Å²) in [5.74, 6) is 0.437. The van der Waals surface area contributed by atoms with Gasteiger partial charge in [-0.1, -0.05) is 13.8 Å². The van der Waals surface area contributed by atoms with E-state index < -0.39 is 0 Å². The fourth-order valence-electron chi connectivity index (χ4n) is 3.92. The van der Waals surface area contributed by atoms with Crippen LogP contribution in [0.15, 0.2) is 6.07 Å². The first-order valence-electron chi connectivity index (χ1n) is 9.83. The quantitative estimate of drug-likeness (QED) is 0.866. The van der Waals surface area contributed by atoms with Gasteiger partial charge in [0.05, 0.1) is 4.88 Å². The van der Waals surface area contributed by atoms with Crippen molar-refractivity contribution in [3.8, 4) is 0 Å². The van der Waals surface area contributed by atoms with Crippen molar-refractivity contribution < 1.29 is 9.59 Å². The molecule has 0 radical (unpaired) electrons. The number of rotatable bonds is 5. The first-order chi connectivity index (χ1) is 12.1. The monoisotopic (exact) mass is 362 g/mol. The number of fused-ring (bicyclic) bond motifs is 1. The number of nitrogens with zero attached hydrogens (tertiary/aromatic N) is 1. The standard InChI is InChI=1S/C20H30N2O2S/c1-3-16(4-2)21-19(23)14-8-9-17-15(12-14)13-18(25-17)20(24)22-10-6-5-7-11-22/h13-14,16H,3-12H2,1-2H3,(H,21,23)/t14-/m0/s1. The molecule has 2 heterocycles. The van der Waals surface area contributed by atoms with Gasteiger partial charge < -0.3 is 10.2 Å². The minimum Gasteiger partial charge on any atom is -0.353 e. The molecule has 1 aliphatic carbocycles. The fraction of sp³-hybridized carbons (Fsp3) is 0.700. The summed E-state index contributed by atoms with van der Waals surface area (Å²) in [5.41, 5.74) is 1.22. The summed E-state index contributed by atoms with van der Waals surface area (Å²) in [6, 6.07) is 2.35. The summed E-state index contributed by atoms with van der Waals surface area (Å²) in [5, 5.41) is 3.19. The molecule has 0 bridgehead atoms. The predicted octanol–water partition coefficient (Wildman–Crippen LogP) is 3.78. The highest BCUT2D eigenvalue weighted by atomic mass is 32.1. The van der Waals surface area contributed by atoms with Gasteiger partial charge in [0.15, 0.2) is 0 Å². The highest BCUT2D eigenvalue weighted by molar-refractivity contribution is 7.14. The summed E-state index contributed by atoms with van der Waals surface area (Å²) >= 11 is 1.65. The Morgan fingerprint density at radius 1 is 1.24 bits per heavy atom. The van der Waals surface area contributed by atoms with E-state index in [9.17, 15) is 9.59 Å². The lowest BCUT2D eigenvalue weighted by molar-refractivity contribution is -0.126. The van der Waals surface area contributed by atoms with Gasteiger partial charge in [0.1, 0.15) is 0 Å². The topological polar surface area (TPSA) is 49.4 Å². The van der Waals surface area contributed by atoms with Gasteiger partial charge in [-0.15, -0.1) is 11.3 Å². The van der Waals surface area contributed by atoms with Gasteiger partial charge in [0.25, 0.3) is 5.91 Å². The molecule has 0 unspecified atom stereocenters. The molecule has 1 aliphatic heterocycles. The van der Waals surface area contributed by atoms with Gasteiger partial charge in [-0.05, 0) is 63.0 Å². The van der Waals surface area contributed by atoms with Gasteiger partial charge in [0, 0.05) is 29.9 Å². The number of nitrogens with one attached hydrogen (secondary N) is 1. The van der Waals surface area contributed by atoms with Crippen molar-refractivity contribution in [1.29, 1.82) is 0 Å². The average molecular weight is 363 g/mol. The van der Waals surface area contributed by atoms with Crippen LogP contribution in [0.5, 0.6) is 0 Å². The fourth-order valence-corrected chi connectivity index (χ4v) is 5.09. The molecule has 0 saturated carbocycles. The molecule has 2 aliphatic rings. The number of amides is 2. The molecule has 1 N–H and O–H groups in total. The molecule has 0 spiro atoms. The number of aryl methyl sites for hydroxylation is 1. The van der Waals surface area contributed by atoms with Crippen molar-refractivity contribution in [3.05, 3.63) is 21.4 Å². The van der Waals surface area contributed by atoms with Gasteiger partial charge in [-0.2, -0.15) is 0 Å². The van der Waals surface area contributed by atoms with Gasteiger partial charge in [-0.25, -0.2) is 0 Å². The van der Waals surface area contributed by atoms with E-state index in [-0.39, 0.29) is 23.8 Å². The summed E-state index contributed by atoms with van der Waals surface area (Å²) in [6.45, 7) is 6.01. The van der Waals surface area contributed by atoms with Gasteiger partial charge >= 0.3 is 0 Å². The summed E-state index contributed by atoms with van der Waals surface area (Å²) < 4.78 is 0. The second-order valence-corrected chi connectivity index (χ2v) is 8.51. The third kappa shape index (κ3) is 4.25. The van der Waals surface area contributed by atoms with Crippen LogP contribution in [-0.2, 0) is 17.6 Å². The Morgan fingerprint density at radius 2 is 1.96 bits per heavy atom. The van der Waals surface area contributed by atoms with Crippen LogP contribution in [0.3, 0.4) is 0 Å². The minimum atomic E-state index is 0.0561. The lowest BCUT2D eigenvalue weighted by Crippen LogP contribution is -2.40. The summed E-state index contributed by atoms with van der Waals surface area (Å²) in [4.78, 5) is 29.4. The van der Waals surface area contributed by atoms with Crippen molar-refractivity contribution >= 4 is 23.2 Å². The molecule has 1 atom stereocenters. The van der Waals surface area contributed by atoms with E-state index in [0.717, 1.165) is 62.9 Å². The SMILES string of the molecule is CCC(CC)NC(=O)[C@H]1CCc2sc(C(=O)N3CCCCC3)cc2C1. The number of likely N-dealkylation sites (tertiary alicyclic amines) is 1. The third-order valence-electron chi connectivity index (χ3n) is 5.64. The molecular weight excluding hydrogens is 332 g/mol. The Hall–Kier alpha value is -1.36. The van der Waals surface area contributed by atoms with Crippen LogP contribution in [0.1, 0.15) is 72.5 Å². The van der Waals surface area contributed by atoms with Crippen LogP contribution >= 0.6 is 11.3 Å². The minimum absolute atomic E-state index is 0.0561. The Bertz CT molecular complexity index is 615. The van der Waals surface area contributed by atoms with E-state index in [2.05, 4.69) is 25.2 Å². The van der Waals surface area contributed by atoms with Crippen molar-refractivity contribution in [2.75, 3.05) is 13.1 Å². The lowest BCUT2D eigenvalue weighted by Gasteiger charge is -2.26. The molecule has 4 nitrogen and oxygen atoms in total. The third-order valence-corrected chi connectivity index (χ3v) is 6.86. The molecule has 5 heteroatoms. The number of thiophene rings is 1. The number of carbonyl (C=O) groups is 2. The molecular formula is C20H30N2O2S. The highest BCUT2D eigenvalue weighted by Gasteiger charge is 2.29. The molecule has 0 aromatic carbocycles. The molecule has 3 rings (SSSR count). The number of hydrogen-bond acceptors (Lipinski definition) is 3. The first kappa shape index (κ1) is 18.4. The van der Waals surface area contributed by atoms with Gasteiger partial charge in [-0.3, -0.25) is 9.59 Å². The Kier molecular flexibility index (Phi) is 6.15. The zero-order valence-corrected chi connectivity index (χ0v) is 16.3. The van der Waals surface area contributed by atoms with E-state index in [0.29, 0.717) is 0 Å². The predicted molar refractivity (Wildman–Crippen MR) is 102 cm³/mol. The zero-order chi connectivity index (χ0) is 17.8. The first-order valence-corrected chi connectivity index (χ1v) is 10.6. The van der Waals surface area contributed by atoms with E-state index in [1.165, 1.54) is 16.9 Å². The Labute approximate surface area is 155 Å². The molecule has 1 saturated heterocycles. The van der Waals surface area contributed by atoms with Crippen LogP contribution in [0.2, 0.25) is 0 Å². The van der Waals surface area contributed by atoms with E-state index in [4.69, 9.17) is 0 Å². The second-order valence-electron chi connectivity index (χ2n) is 7.37. The van der Waals surface area contributed by atoms with Crippen LogP contribution < -0.4 is 5.32 Å². The van der Waals surface area contributed by atoms with Gasteiger partial charge in [0.2, 0.25) is 5.91 Å². The number of carbonyl (C=O) groups excluding carboxylic acids is 2. The van der Waals surface area contributed by atoms with Crippen LogP contribution in [0.25, 0.3) is 0 Å². The molecule has 138 valence electrons. The molecule has 1 fully saturated rings. The molecule has 25 heavy (non-hydrogen) atoms. The molecule has 2 amide bonds. The zero-order valence-electron chi connectivity index (χ0n) is 15.5. The van der Waals surface area contributed by atoms with E-state index in [1.807, 2.05) is 4.90 Å². The Balaban J connectivity index is 1.64. The smallest absolute Gasteiger partial charge is 0.263 e. The summed E-state index contributed by atoms with van der Waals surface area (Å²) in [6.07, 6.45) is 8.04. The van der Waals surface area contributed by atoms with Crippen molar-refractivity contribution in [1.82, 2.24) is 10.2 Å². The van der Waals surface area contributed by atoms with Crippen LogP contribution in [0.4, 0.5) is 0 Å². The van der Waals surface area contributed by atoms with Crippen molar-refractivity contribution in [2.45, 2.75) is 71.3 Å². The molecule has 1 aromatic heterocycles. The number of piperidine rings is 1. The van der Waals surface area contributed by atoms with Crippen LogP contribution in [-0.4, -0.2) is 35.8 Å². The largest absolute Gasteiger partial charge is 0.353 e. The molecule has 1 aromatic rings. The normalized spacial score (nSPS) is 20.4. The second kappa shape index (κ2) is 8.35. The van der Waals surface area contributed by atoms with E-state index >= 15 is 0 Å². The maximum Gasteiger partial charge on any atom is 0.263 e. The lowest BCUT2D eigenvalue weighted by atomic mass is 9.87. The maximum absolute atomic E-state index is 12.7. The Morgan fingerprint density at radius 3 is 2.64 bits per heavy atom. The maximum atomic E-state index is 12.7. The van der Waals surface area contributed by atoms with Crippen molar-refractivity contribution in [3.63, 3.8) is 0 Å². The van der Waals surface area contributed by atoms with Crippen molar-refractivity contribution in [2.24, 2.45) is 5.92 Å². The van der Waals surface area contributed by atoms with E-state index in [1.54, 1.807) is 11.3 Å². The summed E-state index contributed by atoms with van der Waals surface area (Å²) in [7, 11) is 0. The highest BCUT2D eigenvalue weighted by Crippen LogP contribution is 2.33. The average Bonchev–Trinajstić information content (AvgIpc) is 3.09. The van der Waals surface area contributed by atoms with Crippen LogP contribution in [0, 0.1) is 5.92 Å². The number of hydrogen-bond donors (Lipinski definition) is 1.